The van der Waals surface area contributed by atoms with Gasteiger partial charge in [0.1, 0.15) is 11.8 Å². The number of hydrogen-bond donors (Lipinski definition) is 1. The Morgan fingerprint density at radius 2 is 1.62 bits per heavy atom. The second kappa shape index (κ2) is 11.0. The van der Waals surface area contributed by atoms with Gasteiger partial charge in [0, 0.05) is 12.2 Å². The molecule has 0 aromatic heterocycles. The van der Waals surface area contributed by atoms with Crippen LogP contribution in [-0.2, 0) is 16.1 Å². The maximum atomic E-state index is 13.6. The van der Waals surface area contributed by atoms with Crippen LogP contribution >= 0.6 is 0 Å². The molecule has 1 saturated heterocycles. The van der Waals surface area contributed by atoms with Crippen LogP contribution in [0.3, 0.4) is 0 Å². The van der Waals surface area contributed by atoms with Gasteiger partial charge in [-0.25, -0.2) is 9.69 Å². The van der Waals surface area contributed by atoms with Gasteiger partial charge in [-0.1, -0.05) is 18.2 Å². The molecule has 0 spiro atoms. The molecule has 4 rings (SSSR count). The summed E-state index contributed by atoms with van der Waals surface area (Å²) in [6.45, 7) is 1.99. The standard InChI is InChI=1S/C28H29N3O6/c1-18-6-5-7-21(14-18)31-27(33)23(16-26(32)29-20-9-11-22(35-2)12-10-20)30(28(31)34)17-19-8-13-24(36-3)25(15-19)37-4/h5-15,23H,16-17H2,1-4H3,(H,29,32)/t23-/m1/s1. The highest BCUT2D eigenvalue weighted by Crippen LogP contribution is 2.32. The molecule has 1 fully saturated rings. The summed E-state index contributed by atoms with van der Waals surface area (Å²) in [5.74, 6) is 0.860. The van der Waals surface area contributed by atoms with Crippen LogP contribution in [0.1, 0.15) is 17.5 Å². The summed E-state index contributed by atoms with van der Waals surface area (Å²) in [5.41, 5.74) is 2.66. The molecule has 1 atom stereocenters. The molecule has 1 N–H and O–H groups in total. The highest BCUT2D eigenvalue weighted by atomic mass is 16.5. The Hall–Kier alpha value is -4.53. The Bertz CT molecular complexity index is 1310. The maximum absolute atomic E-state index is 13.6. The van der Waals surface area contributed by atoms with Gasteiger partial charge in [-0.2, -0.15) is 0 Å². The van der Waals surface area contributed by atoms with Crippen molar-refractivity contribution in [3.8, 4) is 17.2 Å². The van der Waals surface area contributed by atoms with Gasteiger partial charge < -0.3 is 24.4 Å². The fourth-order valence-corrected chi connectivity index (χ4v) is 4.26. The van der Waals surface area contributed by atoms with E-state index in [2.05, 4.69) is 5.32 Å². The van der Waals surface area contributed by atoms with Crippen molar-refractivity contribution in [1.29, 1.82) is 0 Å². The van der Waals surface area contributed by atoms with Crippen LogP contribution in [0.5, 0.6) is 17.2 Å². The van der Waals surface area contributed by atoms with E-state index in [0.29, 0.717) is 28.6 Å². The largest absolute Gasteiger partial charge is 0.497 e. The van der Waals surface area contributed by atoms with E-state index in [1.54, 1.807) is 67.8 Å². The number of anilines is 2. The SMILES string of the molecule is COc1ccc(NC(=O)C[C@@H]2C(=O)N(c3cccc(C)c3)C(=O)N2Cc2ccc(OC)c(OC)c2)cc1. The molecule has 37 heavy (non-hydrogen) atoms. The number of benzene rings is 3. The van der Waals surface area contributed by atoms with Crippen LogP contribution in [0.2, 0.25) is 0 Å². The number of rotatable bonds is 9. The van der Waals surface area contributed by atoms with Crippen LogP contribution in [0.4, 0.5) is 16.2 Å². The number of nitrogens with one attached hydrogen (secondary N) is 1. The van der Waals surface area contributed by atoms with E-state index in [0.717, 1.165) is 16.0 Å². The van der Waals surface area contributed by atoms with E-state index in [-0.39, 0.29) is 18.9 Å². The zero-order valence-electron chi connectivity index (χ0n) is 21.2. The number of imide groups is 1. The molecule has 0 bridgehead atoms. The number of carbonyl (C=O) groups is 3. The quantitative estimate of drug-likeness (QED) is 0.435. The van der Waals surface area contributed by atoms with Gasteiger partial charge in [0.2, 0.25) is 5.91 Å². The predicted octanol–water partition coefficient (Wildman–Crippen LogP) is 4.39. The Balaban J connectivity index is 1.61. The highest BCUT2D eigenvalue weighted by molar-refractivity contribution is 6.22. The Kier molecular flexibility index (Phi) is 7.62. The lowest BCUT2D eigenvalue weighted by atomic mass is 10.1. The van der Waals surface area contributed by atoms with Crippen molar-refractivity contribution in [2.24, 2.45) is 0 Å². The molecule has 3 aromatic carbocycles. The van der Waals surface area contributed by atoms with Crippen molar-refractivity contribution in [3.63, 3.8) is 0 Å². The van der Waals surface area contributed by atoms with Crippen molar-refractivity contribution >= 4 is 29.2 Å². The van der Waals surface area contributed by atoms with Crippen molar-refractivity contribution in [2.75, 3.05) is 31.5 Å². The normalized spacial score (nSPS) is 15.1. The van der Waals surface area contributed by atoms with E-state index in [4.69, 9.17) is 14.2 Å². The molecule has 1 aliphatic heterocycles. The van der Waals surface area contributed by atoms with E-state index < -0.39 is 18.0 Å². The van der Waals surface area contributed by atoms with Crippen LogP contribution in [0.15, 0.2) is 66.7 Å². The summed E-state index contributed by atoms with van der Waals surface area (Å²) in [5, 5.41) is 2.80. The van der Waals surface area contributed by atoms with Crippen LogP contribution in [0, 0.1) is 6.92 Å². The van der Waals surface area contributed by atoms with Crippen molar-refractivity contribution in [1.82, 2.24) is 4.90 Å². The Morgan fingerprint density at radius 1 is 0.892 bits per heavy atom. The molecule has 1 aliphatic rings. The molecule has 192 valence electrons. The molecule has 0 unspecified atom stereocenters. The summed E-state index contributed by atoms with van der Waals surface area (Å²) in [6, 6.07) is 17.8. The van der Waals surface area contributed by atoms with Gasteiger partial charge in [-0.3, -0.25) is 9.59 Å². The molecular weight excluding hydrogens is 474 g/mol. The maximum Gasteiger partial charge on any atom is 0.332 e. The molecule has 9 heteroatoms. The van der Waals surface area contributed by atoms with Gasteiger partial charge in [0.05, 0.1) is 33.4 Å². The second-order valence-corrected chi connectivity index (χ2v) is 8.61. The summed E-state index contributed by atoms with van der Waals surface area (Å²) in [6.07, 6.45) is -0.202. The first kappa shape index (κ1) is 25.6. The van der Waals surface area contributed by atoms with Gasteiger partial charge in [-0.15, -0.1) is 0 Å². The predicted molar refractivity (Wildman–Crippen MR) is 139 cm³/mol. The third-order valence-electron chi connectivity index (χ3n) is 6.13. The van der Waals surface area contributed by atoms with E-state index in [1.807, 2.05) is 13.0 Å². The lowest BCUT2D eigenvalue weighted by Crippen LogP contribution is -2.37. The number of amides is 4. The third-order valence-corrected chi connectivity index (χ3v) is 6.13. The molecule has 1 heterocycles. The second-order valence-electron chi connectivity index (χ2n) is 8.61. The lowest BCUT2D eigenvalue weighted by molar-refractivity contribution is -0.124. The summed E-state index contributed by atoms with van der Waals surface area (Å²) < 4.78 is 15.8. The fourth-order valence-electron chi connectivity index (χ4n) is 4.26. The number of ether oxygens (including phenoxy) is 3. The average molecular weight is 504 g/mol. The number of hydrogen-bond acceptors (Lipinski definition) is 6. The number of urea groups is 1. The summed E-state index contributed by atoms with van der Waals surface area (Å²) in [4.78, 5) is 42.6. The number of aryl methyl sites for hydroxylation is 1. The van der Waals surface area contributed by atoms with E-state index in [1.165, 1.54) is 19.1 Å². The zero-order valence-corrected chi connectivity index (χ0v) is 21.2. The number of methoxy groups -OCH3 is 3. The zero-order chi connectivity index (χ0) is 26.5. The summed E-state index contributed by atoms with van der Waals surface area (Å²) >= 11 is 0. The topological polar surface area (TPSA) is 97.4 Å². The molecule has 0 saturated carbocycles. The first-order valence-electron chi connectivity index (χ1n) is 11.7. The van der Waals surface area contributed by atoms with Crippen LogP contribution < -0.4 is 24.4 Å². The average Bonchev–Trinajstić information content (AvgIpc) is 3.12. The molecule has 3 aromatic rings. The van der Waals surface area contributed by atoms with Crippen LogP contribution in [0.25, 0.3) is 0 Å². The van der Waals surface area contributed by atoms with E-state index >= 15 is 0 Å². The minimum absolute atomic E-state index is 0.105. The van der Waals surface area contributed by atoms with Crippen molar-refractivity contribution < 1.29 is 28.6 Å². The molecule has 0 radical (unpaired) electrons. The van der Waals surface area contributed by atoms with Crippen LogP contribution in [-0.4, -0.2) is 50.1 Å². The number of nitrogens with zero attached hydrogens (tertiary/aromatic N) is 2. The van der Waals surface area contributed by atoms with E-state index in [9.17, 15) is 14.4 Å². The first-order chi connectivity index (χ1) is 17.8. The highest BCUT2D eigenvalue weighted by Gasteiger charge is 2.46. The third kappa shape index (κ3) is 5.50. The van der Waals surface area contributed by atoms with Gasteiger partial charge >= 0.3 is 6.03 Å². The molecular formula is C28H29N3O6. The monoisotopic (exact) mass is 503 g/mol. The van der Waals surface area contributed by atoms with Gasteiger partial charge in [0.25, 0.3) is 5.91 Å². The van der Waals surface area contributed by atoms with Crippen molar-refractivity contribution in [3.05, 3.63) is 77.9 Å². The Morgan fingerprint density at radius 3 is 2.27 bits per heavy atom. The minimum Gasteiger partial charge on any atom is -0.497 e. The fraction of sp³-hybridized carbons (Fsp3) is 0.250. The summed E-state index contributed by atoms with van der Waals surface area (Å²) in [7, 11) is 4.62. The minimum atomic E-state index is -0.987. The lowest BCUT2D eigenvalue weighted by Gasteiger charge is -2.22. The van der Waals surface area contributed by atoms with Gasteiger partial charge in [0.15, 0.2) is 11.5 Å². The smallest absolute Gasteiger partial charge is 0.332 e. The molecule has 4 amide bonds. The molecule has 0 aliphatic carbocycles. The first-order valence-corrected chi connectivity index (χ1v) is 11.7. The van der Waals surface area contributed by atoms with Crippen molar-refractivity contribution in [2.45, 2.75) is 25.9 Å². The number of carbonyl (C=O) groups excluding carboxylic acids is 3. The molecule has 9 nitrogen and oxygen atoms in total. The Labute approximate surface area is 215 Å². The van der Waals surface area contributed by atoms with Gasteiger partial charge in [-0.05, 0) is 66.6 Å².